The van der Waals surface area contributed by atoms with E-state index in [0.29, 0.717) is 27.8 Å². The molecule has 0 aliphatic heterocycles. The summed E-state index contributed by atoms with van der Waals surface area (Å²) in [6.45, 7) is 0.342. The van der Waals surface area contributed by atoms with Gasteiger partial charge in [-0.05, 0) is 82.2 Å². The van der Waals surface area contributed by atoms with Gasteiger partial charge in [0.15, 0.2) is 0 Å². The molecule has 6 nitrogen and oxygen atoms in total. The molecule has 0 fully saturated rings. The number of benzene rings is 4. The molecule has 5 rings (SSSR count). The van der Waals surface area contributed by atoms with Crippen molar-refractivity contribution in [3.63, 3.8) is 0 Å². The van der Waals surface area contributed by atoms with Gasteiger partial charge in [0.1, 0.15) is 18.4 Å². The Morgan fingerprint density at radius 2 is 1.57 bits per heavy atom. The lowest BCUT2D eigenvalue weighted by Crippen LogP contribution is -2.42. The maximum Gasteiger partial charge on any atom is 0.326 e. The molecular weight excluding hydrogens is 544 g/mol. The molecule has 0 spiro atoms. The molecule has 0 bridgehead atoms. The van der Waals surface area contributed by atoms with Crippen LogP contribution in [-0.2, 0) is 17.8 Å². The van der Waals surface area contributed by atoms with E-state index in [2.05, 4.69) is 11.4 Å². The van der Waals surface area contributed by atoms with Crippen LogP contribution >= 0.6 is 22.9 Å². The summed E-state index contributed by atoms with van der Waals surface area (Å²) < 4.78 is 6.73. The molecule has 0 saturated carbocycles. The standard InChI is InChI=1S/C32H23ClN2O4S/c33-26-10-7-23(8-11-26)24-9-14-29-25(16-24)17-30(40-29)31(36)35-28(32(37)38)15-20-5-12-27(13-6-20)39-19-22-3-1-21(18-34)2-4-22/h1-14,16-17,28H,15,19H2,(H,35,36)(H,37,38). The number of aliphatic carboxylic acids is 1. The maximum absolute atomic E-state index is 13.0. The summed E-state index contributed by atoms with van der Waals surface area (Å²) in [6.07, 6.45) is 0.128. The van der Waals surface area contributed by atoms with Crippen LogP contribution in [0.25, 0.3) is 21.2 Å². The average molecular weight is 567 g/mol. The maximum atomic E-state index is 13.0. The summed E-state index contributed by atoms with van der Waals surface area (Å²) in [7, 11) is 0. The van der Waals surface area contributed by atoms with E-state index in [4.69, 9.17) is 21.6 Å². The summed E-state index contributed by atoms with van der Waals surface area (Å²) in [5.41, 5.74) is 4.28. The number of carbonyl (C=O) groups excluding carboxylic acids is 1. The number of nitrogens with zero attached hydrogens (tertiary/aromatic N) is 1. The van der Waals surface area contributed by atoms with E-state index < -0.39 is 17.9 Å². The Balaban J connectivity index is 1.22. The van der Waals surface area contributed by atoms with Crippen molar-refractivity contribution in [2.24, 2.45) is 0 Å². The van der Waals surface area contributed by atoms with E-state index in [-0.39, 0.29) is 6.42 Å². The molecular formula is C32H23ClN2O4S. The number of thiophene rings is 1. The van der Waals surface area contributed by atoms with E-state index in [1.807, 2.05) is 54.6 Å². The van der Waals surface area contributed by atoms with Crippen LogP contribution in [0.5, 0.6) is 5.75 Å². The first-order chi connectivity index (χ1) is 19.4. The Morgan fingerprint density at radius 3 is 2.25 bits per heavy atom. The first kappa shape index (κ1) is 26.9. The van der Waals surface area contributed by atoms with Crippen LogP contribution < -0.4 is 10.1 Å². The summed E-state index contributed by atoms with van der Waals surface area (Å²) >= 11 is 7.32. The van der Waals surface area contributed by atoms with Gasteiger partial charge in [-0.3, -0.25) is 4.79 Å². The van der Waals surface area contributed by atoms with Crippen LogP contribution in [0.15, 0.2) is 97.1 Å². The number of amides is 1. The second-order valence-electron chi connectivity index (χ2n) is 9.18. The predicted molar refractivity (Wildman–Crippen MR) is 157 cm³/mol. The minimum absolute atomic E-state index is 0.128. The minimum Gasteiger partial charge on any atom is -0.489 e. The fraction of sp³-hybridized carbons (Fsp3) is 0.0938. The molecule has 1 heterocycles. The predicted octanol–water partition coefficient (Wildman–Crippen LogP) is 7.10. The van der Waals surface area contributed by atoms with Gasteiger partial charge in [-0.25, -0.2) is 4.79 Å². The summed E-state index contributed by atoms with van der Waals surface area (Å²) in [5.74, 6) is -0.906. The number of hydrogen-bond donors (Lipinski definition) is 2. The number of carbonyl (C=O) groups is 2. The Kier molecular flexibility index (Phi) is 8.11. The molecule has 1 aromatic heterocycles. The van der Waals surface area contributed by atoms with Gasteiger partial charge in [0, 0.05) is 16.1 Å². The topological polar surface area (TPSA) is 99.4 Å². The number of nitriles is 1. The SMILES string of the molecule is N#Cc1ccc(COc2ccc(CC(NC(=O)c3cc4cc(-c5ccc(Cl)cc5)ccc4s3)C(=O)O)cc2)cc1. The van der Waals surface area contributed by atoms with Crippen molar-refractivity contribution in [1.82, 2.24) is 5.32 Å². The van der Waals surface area contributed by atoms with Gasteiger partial charge in [-0.1, -0.05) is 54.1 Å². The molecule has 4 aromatic carbocycles. The third kappa shape index (κ3) is 6.49. The van der Waals surface area contributed by atoms with Crippen molar-refractivity contribution < 1.29 is 19.4 Å². The Morgan fingerprint density at radius 1 is 0.900 bits per heavy atom. The van der Waals surface area contributed by atoms with E-state index in [9.17, 15) is 14.7 Å². The van der Waals surface area contributed by atoms with Gasteiger partial charge in [0.2, 0.25) is 0 Å². The Bertz CT molecular complexity index is 1710. The molecule has 40 heavy (non-hydrogen) atoms. The highest BCUT2D eigenvalue weighted by Gasteiger charge is 2.22. The van der Waals surface area contributed by atoms with Gasteiger partial charge in [-0.2, -0.15) is 5.26 Å². The van der Waals surface area contributed by atoms with Crippen LogP contribution in [0, 0.1) is 11.3 Å². The lowest BCUT2D eigenvalue weighted by Gasteiger charge is -2.14. The van der Waals surface area contributed by atoms with Crippen molar-refractivity contribution in [1.29, 1.82) is 5.26 Å². The minimum atomic E-state index is -1.11. The number of rotatable bonds is 9. The normalized spacial score (nSPS) is 11.5. The monoisotopic (exact) mass is 566 g/mol. The zero-order chi connectivity index (χ0) is 28.1. The fourth-order valence-corrected chi connectivity index (χ4v) is 5.28. The highest BCUT2D eigenvalue weighted by molar-refractivity contribution is 7.20. The fourth-order valence-electron chi connectivity index (χ4n) is 4.21. The summed E-state index contributed by atoms with van der Waals surface area (Å²) in [4.78, 5) is 25.4. The molecule has 0 saturated heterocycles. The van der Waals surface area contributed by atoms with E-state index in [1.54, 1.807) is 42.5 Å². The van der Waals surface area contributed by atoms with Gasteiger partial charge in [-0.15, -0.1) is 11.3 Å². The van der Waals surface area contributed by atoms with E-state index in [1.165, 1.54) is 11.3 Å². The summed E-state index contributed by atoms with van der Waals surface area (Å²) in [5, 5.41) is 22.9. The second-order valence-corrected chi connectivity index (χ2v) is 10.7. The van der Waals surface area contributed by atoms with Crippen LogP contribution in [-0.4, -0.2) is 23.0 Å². The summed E-state index contributed by atoms with van der Waals surface area (Å²) in [6, 6.07) is 30.5. The lowest BCUT2D eigenvalue weighted by molar-refractivity contribution is -0.139. The molecule has 8 heteroatoms. The highest BCUT2D eigenvalue weighted by atomic mass is 35.5. The van der Waals surface area contributed by atoms with Gasteiger partial charge in [0.25, 0.3) is 5.91 Å². The molecule has 5 aromatic rings. The molecule has 198 valence electrons. The van der Waals surface area contributed by atoms with Gasteiger partial charge in [0.05, 0.1) is 16.5 Å². The molecule has 0 aliphatic carbocycles. The average Bonchev–Trinajstić information content (AvgIpc) is 3.41. The number of carboxylic acids is 1. The zero-order valence-corrected chi connectivity index (χ0v) is 22.7. The number of carboxylic acid groups (broad SMARTS) is 1. The zero-order valence-electron chi connectivity index (χ0n) is 21.1. The van der Waals surface area contributed by atoms with Crippen molar-refractivity contribution >= 4 is 44.9 Å². The molecule has 1 atom stereocenters. The number of fused-ring (bicyclic) bond motifs is 1. The number of halogens is 1. The number of hydrogen-bond acceptors (Lipinski definition) is 5. The largest absolute Gasteiger partial charge is 0.489 e. The van der Waals surface area contributed by atoms with Crippen LogP contribution in [0.3, 0.4) is 0 Å². The van der Waals surface area contributed by atoms with E-state index in [0.717, 1.165) is 32.3 Å². The Hall–Kier alpha value is -4.64. The molecule has 1 amide bonds. The van der Waals surface area contributed by atoms with Crippen LogP contribution in [0.2, 0.25) is 5.02 Å². The number of ether oxygens (including phenoxy) is 1. The lowest BCUT2D eigenvalue weighted by atomic mass is 10.0. The first-order valence-corrected chi connectivity index (χ1v) is 13.6. The second kappa shape index (κ2) is 12.0. The molecule has 2 N–H and O–H groups in total. The highest BCUT2D eigenvalue weighted by Crippen LogP contribution is 2.31. The molecule has 1 unspecified atom stereocenters. The van der Waals surface area contributed by atoms with E-state index >= 15 is 0 Å². The Labute approximate surface area is 240 Å². The number of nitrogens with one attached hydrogen (secondary N) is 1. The van der Waals surface area contributed by atoms with Crippen molar-refractivity contribution in [3.05, 3.63) is 124 Å². The van der Waals surface area contributed by atoms with Crippen molar-refractivity contribution in [2.45, 2.75) is 19.1 Å². The quantitative estimate of drug-likeness (QED) is 0.198. The third-order valence-corrected chi connectivity index (χ3v) is 7.74. The first-order valence-electron chi connectivity index (χ1n) is 12.4. The van der Waals surface area contributed by atoms with Crippen LogP contribution in [0.4, 0.5) is 0 Å². The van der Waals surface area contributed by atoms with Crippen molar-refractivity contribution in [3.8, 4) is 22.9 Å². The van der Waals surface area contributed by atoms with Crippen LogP contribution in [0.1, 0.15) is 26.4 Å². The smallest absolute Gasteiger partial charge is 0.326 e. The van der Waals surface area contributed by atoms with Gasteiger partial charge >= 0.3 is 5.97 Å². The van der Waals surface area contributed by atoms with Crippen molar-refractivity contribution in [2.75, 3.05) is 0 Å². The van der Waals surface area contributed by atoms with Gasteiger partial charge < -0.3 is 15.2 Å². The molecule has 0 radical (unpaired) electrons. The molecule has 0 aliphatic rings. The third-order valence-electron chi connectivity index (χ3n) is 6.37.